The number of hydrogen-bond donors (Lipinski definition) is 1. The lowest BCUT2D eigenvalue weighted by atomic mass is 9.89. The summed E-state index contributed by atoms with van der Waals surface area (Å²) in [5.41, 5.74) is 1.33. The summed E-state index contributed by atoms with van der Waals surface area (Å²) in [6.45, 7) is 5.11. The zero-order chi connectivity index (χ0) is 20.1. The first-order valence-electron chi connectivity index (χ1n) is 9.75. The number of amides is 1. The van der Waals surface area contributed by atoms with Crippen molar-refractivity contribution < 1.29 is 13.2 Å². The van der Waals surface area contributed by atoms with Gasteiger partial charge >= 0.3 is 0 Å². The lowest BCUT2D eigenvalue weighted by Crippen LogP contribution is -2.52. The van der Waals surface area contributed by atoms with Crippen LogP contribution in [-0.4, -0.2) is 38.4 Å². The molecule has 7 heteroatoms. The molecule has 5 nitrogen and oxygen atoms in total. The van der Waals surface area contributed by atoms with Gasteiger partial charge in [0.15, 0.2) is 0 Å². The molecule has 0 aliphatic carbocycles. The number of thiophene rings is 1. The number of benzene rings is 1. The maximum Gasteiger partial charge on any atom is 0.250 e. The zero-order valence-electron chi connectivity index (χ0n) is 16.4. The predicted molar refractivity (Wildman–Crippen MR) is 113 cm³/mol. The SMILES string of the molecule is CC(C)[C@@H](NS(=O)(=O)c1cccs1)C(=O)N1CCC(Cc2ccccc2)CC1. The summed E-state index contributed by atoms with van der Waals surface area (Å²) in [4.78, 5) is 14.9. The molecule has 0 radical (unpaired) electrons. The molecular formula is C21H28N2O3S2. The maximum atomic E-state index is 13.1. The summed E-state index contributed by atoms with van der Waals surface area (Å²) in [6.07, 6.45) is 2.92. The Kier molecular flexibility index (Phi) is 6.91. The van der Waals surface area contributed by atoms with Crippen LogP contribution in [0.25, 0.3) is 0 Å². The van der Waals surface area contributed by atoms with Crippen molar-refractivity contribution in [1.29, 1.82) is 0 Å². The Hall–Kier alpha value is -1.70. The van der Waals surface area contributed by atoms with E-state index in [4.69, 9.17) is 0 Å². The van der Waals surface area contributed by atoms with Crippen LogP contribution in [0, 0.1) is 11.8 Å². The number of piperidine rings is 1. The summed E-state index contributed by atoms with van der Waals surface area (Å²) in [6, 6.07) is 12.9. The number of rotatable bonds is 7. The van der Waals surface area contributed by atoms with Gasteiger partial charge in [-0.1, -0.05) is 50.2 Å². The Morgan fingerprint density at radius 2 is 1.82 bits per heavy atom. The number of carbonyl (C=O) groups is 1. The normalized spacial score (nSPS) is 17.0. The topological polar surface area (TPSA) is 66.5 Å². The van der Waals surface area contributed by atoms with Crippen molar-refractivity contribution in [2.24, 2.45) is 11.8 Å². The minimum absolute atomic E-state index is 0.117. The van der Waals surface area contributed by atoms with Crippen LogP contribution < -0.4 is 4.72 Å². The lowest BCUT2D eigenvalue weighted by molar-refractivity contribution is -0.135. The van der Waals surface area contributed by atoms with E-state index in [0.717, 1.165) is 30.6 Å². The van der Waals surface area contributed by atoms with Crippen molar-refractivity contribution in [3.8, 4) is 0 Å². The third-order valence-corrected chi connectivity index (χ3v) is 8.11. The molecule has 152 valence electrons. The molecule has 0 saturated carbocycles. The second kappa shape index (κ2) is 9.20. The lowest BCUT2D eigenvalue weighted by Gasteiger charge is -2.35. The molecule has 0 spiro atoms. The molecular weight excluding hydrogens is 392 g/mol. The molecule has 2 heterocycles. The molecule has 1 amide bonds. The van der Waals surface area contributed by atoms with E-state index < -0.39 is 16.1 Å². The van der Waals surface area contributed by atoms with Crippen LogP contribution in [0.5, 0.6) is 0 Å². The first kappa shape index (κ1) is 21.0. The standard InChI is InChI=1S/C21H28N2O3S2/c1-16(2)20(22-28(25,26)19-9-6-14-27-19)21(24)23-12-10-18(11-13-23)15-17-7-4-3-5-8-17/h3-9,14,16,18,20,22H,10-13,15H2,1-2H3/t20-/m1/s1. The summed E-state index contributed by atoms with van der Waals surface area (Å²) in [7, 11) is -3.68. The van der Waals surface area contributed by atoms with Gasteiger partial charge in [0.25, 0.3) is 10.0 Å². The van der Waals surface area contributed by atoms with Gasteiger partial charge in [-0.25, -0.2) is 8.42 Å². The van der Waals surface area contributed by atoms with E-state index in [1.807, 2.05) is 24.8 Å². The predicted octanol–water partition coefficient (Wildman–Crippen LogP) is 3.53. The van der Waals surface area contributed by atoms with Gasteiger partial charge in [0.1, 0.15) is 10.3 Å². The number of sulfonamides is 1. The third kappa shape index (κ3) is 5.21. The number of nitrogens with one attached hydrogen (secondary N) is 1. The highest BCUT2D eigenvalue weighted by atomic mass is 32.2. The largest absolute Gasteiger partial charge is 0.341 e. The average molecular weight is 421 g/mol. The number of hydrogen-bond acceptors (Lipinski definition) is 4. The smallest absolute Gasteiger partial charge is 0.250 e. The van der Waals surface area contributed by atoms with E-state index in [-0.39, 0.29) is 16.0 Å². The fraction of sp³-hybridized carbons (Fsp3) is 0.476. The maximum absolute atomic E-state index is 13.1. The molecule has 1 saturated heterocycles. The summed E-state index contributed by atoms with van der Waals surface area (Å²) < 4.78 is 28.0. The molecule has 1 aliphatic rings. The van der Waals surface area contributed by atoms with Gasteiger partial charge in [-0.2, -0.15) is 4.72 Å². The van der Waals surface area contributed by atoms with Gasteiger partial charge in [-0.05, 0) is 48.1 Å². The van der Waals surface area contributed by atoms with E-state index in [1.165, 1.54) is 5.56 Å². The van der Waals surface area contributed by atoms with E-state index in [9.17, 15) is 13.2 Å². The zero-order valence-corrected chi connectivity index (χ0v) is 18.0. The van der Waals surface area contributed by atoms with Gasteiger partial charge in [-0.3, -0.25) is 4.79 Å². The van der Waals surface area contributed by atoms with Crippen molar-refractivity contribution in [3.05, 3.63) is 53.4 Å². The van der Waals surface area contributed by atoms with E-state index >= 15 is 0 Å². The summed E-state index contributed by atoms with van der Waals surface area (Å²) >= 11 is 1.16. The van der Waals surface area contributed by atoms with Crippen molar-refractivity contribution in [2.45, 2.75) is 43.4 Å². The molecule has 28 heavy (non-hydrogen) atoms. The van der Waals surface area contributed by atoms with Gasteiger partial charge in [0.2, 0.25) is 5.91 Å². The quantitative estimate of drug-likeness (QED) is 0.745. The summed E-state index contributed by atoms with van der Waals surface area (Å²) in [5.74, 6) is 0.323. The van der Waals surface area contributed by atoms with Gasteiger partial charge < -0.3 is 4.90 Å². The Balaban J connectivity index is 1.60. The molecule has 1 N–H and O–H groups in total. The van der Waals surface area contributed by atoms with Crippen LogP contribution >= 0.6 is 11.3 Å². The minimum Gasteiger partial charge on any atom is -0.341 e. The molecule has 3 rings (SSSR count). The molecule has 1 fully saturated rings. The Morgan fingerprint density at radius 3 is 2.39 bits per heavy atom. The van der Waals surface area contributed by atoms with Crippen LogP contribution in [0.3, 0.4) is 0 Å². The highest BCUT2D eigenvalue weighted by Gasteiger charge is 2.33. The highest BCUT2D eigenvalue weighted by Crippen LogP contribution is 2.24. The van der Waals surface area contributed by atoms with Crippen LogP contribution in [0.4, 0.5) is 0 Å². The van der Waals surface area contributed by atoms with E-state index in [2.05, 4.69) is 29.0 Å². The fourth-order valence-electron chi connectivity index (χ4n) is 3.61. The van der Waals surface area contributed by atoms with Crippen LogP contribution in [0.15, 0.2) is 52.1 Å². The number of likely N-dealkylation sites (tertiary alicyclic amines) is 1. The van der Waals surface area contributed by atoms with Crippen molar-refractivity contribution in [2.75, 3.05) is 13.1 Å². The Bertz CT molecular complexity index is 856. The van der Waals surface area contributed by atoms with Crippen molar-refractivity contribution >= 4 is 27.3 Å². The molecule has 0 unspecified atom stereocenters. The highest BCUT2D eigenvalue weighted by molar-refractivity contribution is 7.91. The summed E-state index contributed by atoms with van der Waals surface area (Å²) in [5, 5.41) is 1.72. The minimum atomic E-state index is -3.68. The molecule has 1 aromatic heterocycles. The first-order valence-corrected chi connectivity index (χ1v) is 12.1. The molecule has 1 aliphatic heterocycles. The van der Waals surface area contributed by atoms with Crippen LogP contribution in [0.2, 0.25) is 0 Å². The molecule has 1 aromatic carbocycles. The Labute approximate surface area is 171 Å². The van der Waals surface area contributed by atoms with E-state index in [0.29, 0.717) is 19.0 Å². The van der Waals surface area contributed by atoms with Gasteiger partial charge in [0, 0.05) is 13.1 Å². The van der Waals surface area contributed by atoms with Crippen LogP contribution in [-0.2, 0) is 21.2 Å². The third-order valence-electron chi connectivity index (χ3n) is 5.27. The second-order valence-electron chi connectivity index (χ2n) is 7.73. The number of carbonyl (C=O) groups excluding carboxylic acids is 1. The van der Waals surface area contributed by atoms with E-state index in [1.54, 1.807) is 17.5 Å². The van der Waals surface area contributed by atoms with Gasteiger partial charge in [-0.15, -0.1) is 11.3 Å². The fourth-order valence-corrected chi connectivity index (χ4v) is 5.96. The average Bonchev–Trinajstić information content (AvgIpc) is 3.23. The Morgan fingerprint density at radius 1 is 1.14 bits per heavy atom. The second-order valence-corrected chi connectivity index (χ2v) is 10.6. The molecule has 1 atom stereocenters. The molecule has 0 bridgehead atoms. The number of nitrogens with zero attached hydrogens (tertiary/aromatic N) is 1. The van der Waals surface area contributed by atoms with Gasteiger partial charge in [0.05, 0.1) is 0 Å². The molecule has 2 aromatic rings. The van der Waals surface area contributed by atoms with Crippen molar-refractivity contribution in [3.63, 3.8) is 0 Å². The monoisotopic (exact) mass is 420 g/mol. The van der Waals surface area contributed by atoms with Crippen LogP contribution in [0.1, 0.15) is 32.3 Å². The van der Waals surface area contributed by atoms with Crippen molar-refractivity contribution in [1.82, 2.24) is 9.62 Å². The first-order chi connectivity index (χ1) is 13.4.